The first kappa shape index (κ1) is 14.4. The number of methoxy groups -OCH3 is 1. The van der Waals surface area contributed by atoms with E-state index in [0.717, 1.165) is 12.8 Å². The van der Waals surface area contributed by atoms with E-state index >= 15 is 0 Å². The van der Waals surface area contributed by atoms with Crippen molar-refractivity contribution in [2.24, 2.45) is 11.7 Å². The van der Waals surface area contributed by atoms with Gasteiger partial charge < -0.3 is 19.7 Å². The molecule has 0 aliphatic heterocycles. The molecule has 0 radical (unpaired) electrons. The minimum atomic E-state index is -0.309. The number of hydrogen-bond donors (Lipinski definition) is 1. The highest BCUT2D eigenvalue weighted by Crippen LogP contribution is 2.23. The maximum absolute atomic E-state index is 5.99. The Labute approximate surface area is 113 Å². The van der Waals surface area contributed by atoms with Crippen LogP contribution in [0.25, 0.3) is 0 Å². The van der Waals surface area contributed by atoms with Crippen molar-refractivity contribution in [1.29, 1.82) is 0 Å². The van der Waals surface area contributed by atoms with Gasteiger partial charge in [0, 0.05) is 20.1 Å². The molecule has 0 amide bonds. The van der Waals surface area contributed by atoms with Gasteiger partial charge in [-0.2, -0.15) is 4.98 Å². The fraction of sp³-hybridized carbons (Fsp3) is 0.846. The van der Waals surface area contributed by atoms with Crippen LogP contribution in [-0.4, -0.2) is 36.6 Å². The number of nitrogens with zero attached hydrogens (tertiary/aromatic N) is 2. The van der Waals surface area contributed by atoms with Gasteiger partial charge in [-0.25, -0.2) is 0 Å². The van der Waals surface area contributed by atoms with Crippen LogP contribution in [0.4, 0.5) is 0 Å². The summed E-state index contributed by atoms with van der Waals surface area (Å²) in [4.78, 5) is 4.32. The first-order chi connectivity index (χ1) is 9.19. The second-order valence-electron chi connectivity index (χ2n) is 5.30. The standard InChI is InChI=1S/C13H23N3O3/c1-9(7-17-2)6-12-15-13(16-19-12)11(14)8-18-10-4-3-5-10/h9-11H,3-8,14H2,1-2H3. The van der Waals surface area contributed by atoms with Gasteiger partial charge in [-0.3, -0.25) is 0 Å². The lowest BCUT2D eigenvalue weighted by atomic mass is 9.96. The molecule has 0 aromatic carbocycles. The van der Waals surface area contributed by atoms with Crippen LogP contribution in [-0.2, 0) is 15.9 Å². The fourth-order valence-electron chi connectivity index (χ4n) is 1.99. The minimum Gasteiger partial charge on any atom is -0.384 e. The van der Waals surface area contributed by atoms with Gasteiger partial charge in [0.05, 0.1) is 18.8 Å². The van der Waals surface area contributed by atoms with Gasteiger partial charge in [0.2, 0.25) is 5.89 Å². The SMILES string of the molecule is COCC(C)Cc1nc(C(N)COC2CCC2)no1. The summed E-state index contributed by atoms with van der Waals surface area (Å²) >= 11 is 0. The Morgan fingerprint density at radius 1 is 1.42 bits per heavy atom. The normalized spacial score (nSPS) is 19.1. The molecule has 1 fully saturated rings. The Bertz CT molecular complexity index is 379. The Morgan fingerprint density at radius 2 is 2.21 bits per heavy atom. The molecule has 1 aliphatic rings. The molecule has 6 nitrogen and oxygen atoms in total. The summed E-state index contributed by atoms with van der Waals surface area (Å²) in [5, 5.41) is 3.92. The van der Waals surface area contributed by atoms with Crippen LogP contribution in [0.3, 0.4) is 0 Å². The highest BCUT2D eigenvalue weighted by molar-refractivity contribution is 4.94. The predicted octanol–water partition coefficient (Wildman–Crippen LogP) is 1.46. The van der Waals surface area contributed by atoms with Gasteiger partial charge in [-0.05, 0) is 25.2 Å². The van der Waals surface area contributed by atoms with E-state index in [1.165, 1.54) is 6.42 Å². The lowest BCUT2D eigenvalue weighted by Gasteiger charge is -2.26. The van der Waals surface area contributed by atoms with E-state index in [-0.39, 0.29) is 6.04 Å². The average molecular weight is 269 g/mol. The van der Waals surface area contributed by atoms with E-state index in [1.54, 1.807) is 7.11 Å². The molecule has 1 heterocycles. The third kappa shape index (κ3) is 4.26. The van der Waals surface area contributed by atoms with Crippen LogP contribution in [0.15, 0.2) is 4.52 Å². The number of nitrogens with two attached hydrogens (primary N) is 1. The van der Waals surface area contributed by atoms with Gasteiger partial charge in [0.15, 0.2) is 5.82 Å². The largest absolute Gasteiger partial charge is 0.384 e. The number of aromatic nitrogens is 2. The van der Waals surface area contributed by atoms with E-state index in [0.29, 0.717) is 43.4 Å². The smallest absolute Gasteiger partial charge is 0.227 e. The molecule has 0 bridgehead atoms. The van der Waals surface area contributed by atoms with Crippen LogP contribution in [0.5, 0.6) is 0 Å². The van der Waals surface area contributed by atoms with Crippen molar-refractivity contribution >= 4 is 0 Å². The lowest BCUT2D eigenvalue weighted by Crippen LogP contribution is -2.27. The Morgan fingerprint density at radius 3 is 2.84 bits per heavy atom. The molecule has 1 aliphatic carbocycles. The van der Waals surface area contributed by atoms with Crippen molar-refractivity contribution in [2.45, 2.75) is 44.8 Å². The fourth-order valence-corrected chi connectivity index (χ4v) is 1.99. The van der Waals surface area contributed by atoms with Crippen LogP contribution in [0.1, 0.15) is 43.9 Å². The van der Waals surface area contributed by atoms with Gasteiger partial charge in [0.1, 0.15) is 0 Å². The Kier molecular flexibility index (Phi) is 5.30. The Hall–Kier alpha value is -0.980. The highest BCUT2D eigenvalue weighted by Gasteiger charge is 2.21. The van der Waals surface area contributed by atoms with Gasteiger partial charge in [-0.15, -0.1) is 0 Å². The van der Waals surface area contributed by atoms with E-state index in [1.807, 2.05) is 0 Å². The van der Waals surface area contributed by atoms with Crippen LogP contribution < -0.4 is 5.73 Å². The average Bonchev–Trinajstić information content (AvgIpc) is 2.75. The van der Waals surface area contributed by atoms with Crippen molar-refractivity contribution in [3.05, 3.63) is 11.7 Å². The summed E-state index contributed by atoms with van der Waals surface area (Å²) < 4.78 is 15.9. The molecule has 19 heavy (non-hydrogen) atoms. The van der Waals surface area contributed by atoms with Gasteiger partial charge >= 0.3 is 0 Å². The first-order valence-corrected chi connectivity index (χ1v) is 6.87. The van der Waals surface area contributed by atoms with Crippen LogP contribution in [0.2, 0.25) is 0 Å². The summed E-state index contributed by atoms with van der Waals surface area (Å²) in [5.41, 5.74) is 5.99. The van der Waals surface area contributed by atoms with E-state index in [9.17, 15) is 0 Å². The molecular formula is C13H23N3O3. The molecule has 2 unspecified atom stereocenters. The topological polar surface area (TPSA) is 83.4 Å². The molecular weight excluding hydrogens is 246 g/mol. The molecule has 1 aromatic heterocycles. The summed E-state index contributed by atoms with van der Waals surface area (Å²) in [7, 11) is 1.68. The lowest BCUT2D eigenvalue weighted by molar-refractivity contribution is -0.00549. The summed E-state index contributed by atoms with van der Waals surface area (Å²) in [6.45, 7) is 3.21. The quantitative estimate of drug-likeness (QED) is 0.769. The number of rotatable bonds is 8. The maximum Gasteiger partial charge on any atom is 0.227 e. The van der Waals surface area contributed by atoms with E-state index in [2.05, 4.69) is 17.1 Å². The third-order valence-electron chi connectivity index (χ3n) is 3.35. The third-order valence-corrected chi connectivity index (χ3v) is 3.35. The highest BCUT2D eigenvalue weighted by atomic mass is 16.5. The maximum atomic E-state index is 5.99. The van der Waals surface area contributed by atoms with Crippen molar-refractivity contribution in [1.82, 2.24) is 10.1 Å². The van der Waals surface area contributed by atoms with Crippen LogP contribution >= 0.6 is 0 Å². The molecule has 0 spiro atoms. The molecule has 6 heteroatoms. The molecule has 2 atom stereocenters. The zero-order chi connectivity index (χ0) is 13.7. The monoisotopic (exact) mass is 269 g/mol. The zero-order valence-electron chi connectivity index (χ0n) is 11.7. The molecule has 1 saturated carbocycles. The second-order valence-corrected chi connectivity index (χ2v) is 5.30. The van der Waals surface area contributed by atoms with Gasteiger partial charge in [0.25, 0.3) is 0 Å². The second kappa shape index (κ2) is 6.98. The zero-order valence-corrected chi connectivity index (χ0v) is 11.7. The van der Waals surface area contributed by atoms with Crippen molar-refractivity contribution < 1.29 is 14.0 Å². The van der Waals surface area contributed by atoms with E-state index in [4.69, 9.17) is 19.7 Å². The van der Waals surface area contributed by atoms with Crippen molar-refractivity contribution in [3.8, 4) is 0 Å². The first-order valence-electron chi connectivity index (χ1n) is 6.87. The molecule has 2 rings (SSSR count). The molecule has 108 valence electrons. The summed E-state index contributed by atoms with van der Waals surface area (Å²) in [6, 6.07) is -0.309. The molecule has 1 aromatic rings. The van der Waals surface area contributed by atoms with E-state index < -0.39 is 0 Å². The van der Waals surface area contributed by atoms with Gasteiger partial charge in [-0.1, -0.05) is 12.1 Å². The predicted molar refractivity (Wildman–Crippen MR) is 69.6 cm³/mol. The Balaban J connectivity index is 1.78. The molecule has 2 N–H and O–H groups in total. The molecule has 0 saturated heterocycles. The summed E-state index contributed by atoms with van der Waals surface area (Å²) in [5.74, 6) is 1.48. The number of ether oxygens (including phenoxy) is 2. The van der Waals surface area contributed by atoms with Crippen molar-refractivity contribution in [3.63, 3.8) is 0 Å². The van der Waals surface area contributed by atoms with Crippen LogP contribution in [0, 0.1) is 5.92 Å². The number of hydrogen-bond acceptors (Lipinski definition) is 6. The van der Waals surface area contributed by atoms with Crippen molar-refractivity contribution in [2.75, 3.05) is 20.3 Å². The summed E-state index contributed by atoms with van der Waals surface area (Å²) in [6.07, 6.45) is 4.61. The minimum absolute atomic E-state index is 0.309.